The van der Waals surface area contributed by atoms with Crippen LogP contribution in [0.2, 0.25) is 0 Å². The highest BCUT2D eigenvalue weighted by molar-refractivity contribution is 5.97. The predicted molar refractivity (Wildman–Crippen MR) is 127 cm³/mol. The summed E-state index contributed by atoms with van der Waals surface area (Å²) < 4.78 is 12.3. The molecule has 0 atom stereocenters. The normalized spacial score (nSPS) is 13.8. The summed E-state index contributed by atoms with van der Waals surface area (Å²) in [6.07, 6.45) is 5.18. The molecule has 1 saturated carbocycles. The minimum Gasteiger partial charge on any atom is -0.480 e. The lowest BCUT2D eigenvalue weighted by molar-refractivity contribution is 0.374. The minimum atomic E-state index is -0.181. The molecule has 1 fully saturated rings. The van der Waals surface area contributed by atoms with Crippen molar-refractivity contribution in [2.75, 3.05) is 14.2 Å². The van der Waals surface area contributed by atoms with Crippen molar-refractivity contribution in [1.82, 2.24) is 24.5 Å². The number of rotatable bonds is 7. The highest BCUT2D eigenvalue weighted by atomic mass is 16.5. The first-order chi connectivity index (χ1) is 16.6. The smallest absolute Gasteiger partial charge is 0.252 e. The number of aromatic nitrogens is 5. The van der Waals surface area contributed by atoms with Gasteiger partial charge >= 0.3 is 0 Å². The number of methoxy groups -OCH3 is 2. The Morgan fingerprint density at radius 2 is 1.76 bits per heavy atom. The summed E-state index contributed by atoms with van der Waals surface area (Å²) in [4.78, 5) is 34.7. The molecular weight excluding hydrogens is 434 g/mol. The second-order valence-corrected chi connectivity index (χ2v) is 7.94. The van der Waals surface area contributed by atoms with Gasteiger partial charge < -0.3 is 15.2 Å². The zero-order valence-corrected chi connectivity index (χ0v) is 18.8. The average Bonchev–Trinajstić information content (AvgIpc) is 3.69. The van der Waals surface area contributed by atoms with Crippen molar-refractivity contribution >= 4 is 16.9 Å². The van der Waals surface area contributed by atoms with Gasteiger partial charge in [-0.15, -0.1) is 0 Å². The van der Waals surface area contributed by atoms with E-state index in [0.717, 1.165) is 29.4 Å². The SMILES string of the molecule is COc1ncnc(OC)c1-c1ncc2ccc(=O)n(Cc3ccc(C(N)=NC4CC4)cc3)c2n1. The van der Waals surface area contributed by atoms with E-state index in [-0.39, 0.29) is 17.3 Å². The van der Waals surface area contributed by atoms with Crippen LogP contribution in [-0.4, -0.2) is 50.6 Å². The highest BCUT2D eigenvalue weighted by Gasteiger charge is 2.21. The standard InChI is InChI=1S/C24H23N7O3/c1-33-23-19(24(34-2)28-13-27-23)21-26-11-16-7-10-18(32)31(22(16)30-21)12-14-3-5-15(6-4-14)20(25)29-17-8-9-17/h3-7,10-11,13,17H,8-9,12H2,1-2H3,(H2,25,29). The minimum absolute atomic E-state index is 0.181. The summed E-state index contributed by atoms with van der Waals surface area (Å²) in [6, 6.07) is 11.3. The molecule has 5 rings (SSSR count). The van der Waals surface area contributed by atoms with Gasteiger partial charge in [0, 0.05) is 23.2 Å². The summed E-state index contributed by atoms with van der Waals surface area (Å²) in [6.45, 7) is 0.326. The number of amidine groups is 1. The first-order valence-corrected chi connectivity index (χ1v) is 10.8. The van der Waals surface area contributed by atoms with Crippen molar-refractivity contribution in [3.05, 3.63) is 70.4 Å². The van der Waals surface area contributed by atoms with E-state index in [1.54, 1.807) is 16.8 Å². The number of benzene rings is 1. The van der Waals surface area contributed by atoms with Crippen LogP contribution in [0.1, 0.15) is 24.0 Å². The first kappa shape index (κ1) is 21.5. The molecule has 0 bridgehead atoms. The van der Waals surface area contributed by atoms with Crippen LogP contribution >= 0.6 is 0 Å². The first-order valence-electron chi connectivity index (χ1n) is 10.8. The Hall–Kier alpha value is -4.34. The van der Waals surface area contributed by atoms with Gasteiger partial charge in [0.2, 0.25) is 11.8 Å². The van der Waals surface area contributed by atoms with E-state index in [0.29, 0.717) is 35.5 Å². The van der Waals surface area contributed by atoms with E-state index in [4.69, 9.17) is 15.2 Å². The summed E-state index contributed by atoms with van der Waals surface area (Å²) in [7, 11) is 2.99. The Kier molecular flexibility index (Phi) is 5.62. The molecule has 0 radical (unpaired) electrons. The number of hydrogen-bond acceptors (Lipinski definition) is 8. The molecule has 3 aromatic heterocycles. The van der Waals surface area contributed by atoms with Crippen molar-refractivity contribution in [2.24, 2.45) is 10.7 Å². The molecule has 0 amide bonds. The van der Waals surface area contributed by atoms with E-state index >= 15 is 0 Å². The van der Waals surface area contributed by atoms with E-state index in [2.05, 4.69) is 24.9 Å². The van der Waals surface area contributed by atoms with Gasteiger partial charge in [0.25, 0.3) is 5.56 Å². The number of pyridine rings is 1. The van der Waals surface area contributed by atoms with Crippen molar-refractivity contribution in [3.8, 4) is 23.1 Å². The Labute approximate surface area is 195 Å². The van der Waals surface area contributed by atoms with Crippen LogP contribution in [0, 0.1) is 0 Å². The molecule has 0 spiro atoms. The highest BCUT2D eigenvalue weighted by Crippen LogP contribution is 2.33. The van der Waals surface area contributed by atoms with Crippen LogP contribution in [0.5, 0.6) is 11.8 Å². The van der Waals surface area contributed by atoms with E-state index in [1.165, 1.54) is 26.6 Å². The van der Waals surface area contributed by atoms with Gasteiger partial charge in [-0.25, -0.2) is 19.9 Å². The third kappa shape index (κ3) is 4.17. The van der Waals surface area contributed by atoms with Crippen molar-refractivity contribution < 1.29 is 9.47 Å². The number of hydrogen-bond donors (Lipinski definition) is 1. The van der Waals surface area contributed by atoms with Gasteiger partial charge in [-0.05, 0) is 24.5 Å². The Bertz CT molecular complexity index is 1420. The van der Waals surface area contributed by atoms with E-state index < -0.39 is 0 Å². The molecule has 1 aliphatic carbocycles. The van der Waals surface area contributed by atoms with Crippen LogP contribution < -0.4 is 20.8 Å². The maximum atomic E-state index is 12.8. The van der Waals surface area contributed by atoms with Gasteiger partial charge in [0.05, 0.1) is 26.8 Å². The summed E-state index contributed by atoms with van der Waals surface area (Å²) in [5.74, 6) is 1.39. The third-order valence-electron chi connectivity index (χ3n) is 5.57. The molecule has 2 N–H and O–H groups in total. The van der Waals surface area contributed by atoms with Crippen LogP contribution in [0.15, 0.2) is 58.7 Å². The van der Waals surface area contributed by atoms with Crippen LogP contribution in [-0.2, 0) is 6.54 Å². The second kappa shape index (κ2) is 8.89. The lowest BCUT2D eigenvalue weighted by Gasteiger charge is -2.13. The number of nitrogens with two attached hydrogens (primary N) is 1. The summed E-state index contributed by atoms with van der Waals surface area (Å²) in [5.41, 5.74) is 8.60. The van der Waals surface area contributed by atoms with Gasteiger partial charge in [0.15, 0.2) is 5.82 Å². The maximum absolute atomic E-state index is 12.8. The molecule has 1 aliphatic rings. The Morgan fingerprint density at radius 3 is 2.41 bits per heavy atom. The summed E-state index contributed by atoms with van der Waals surface area (Å²) >= 11 is 0. The van der Waals surface area contributed by atoms with Gasteiger partial charge in [-0.2, -0.15) is 0 Å². The molecule has 3 heterocycles. The maximum Gasteiger partial charge on any atom is 0.252 e. The fraction of sp³-hybridized carbons (Fsp3) is 0.250. The molecule has 172 valence electrons. The quantitative estimate of drug-likeness (QED) is 0.330. The second-order valence-electron chi connectivity index (χ2n) is 7.94. The number of ether oxygens (including phenoxy) is 2. The molecule has 4 aromatic rings. The largest absolute Gasteiger partial charge is 0.480 e. The fourth-order valence-corrected chi connectivity index (χ4v) is 3.64. The van der Waals surface area contributed by atoms with Crippen LogP contribution in [0.4, 0.5) is 0 Å². The molecule has 10 heteroatoms. The number of fused-ring (bicyclic) bond motifs is 1. The van der Waals surface area contributed by atoms with Gasteiger partial charge in [0.1, 0.15) is 23.4 Å². The summed E-state index contributed by atoms with van der Waals surface area (Å²) in [5, 5.41) is 0.718. The fourth-order valence-electron chi connectivity index (χ4n) is 3.64. The molecular formula is C24H23N7O3. The average molecular weight is 457 g/mol. The van der Waals surface area contributed by atoms with Crippen LogP contribution in [0.3, 0.4) is 0 Å². The van der Waals surface area contributed by atoms with Crippen molar-refractivity contribution in [1.29, 1.82) is 0 Å². The number of nitrogens with zero attached hydrogens (tertiary/aromatic N) is 6. The third-order valence-corrected chi connectivity index (χ3v) is 5.57. The van der Waals surface area contributed by atoms with Gasteiger partial charge in [-0.1, -0.05) is 24.3 Å². The van der Waals surface area contributed by atoms with Crippen molar-refractivity contribution in [2.45, 2.75) is 25.4 Å². The Balaban J connectivity index is 1.55. The van der Waals surface area contributed by atoms with Crippen molar-refractivity contribution in [3.63, 3.8) is 0 Å². The molecule has 34 heavy (non-hydrogen) atoms. The monoisotopic (exact) mass is 457 g/mol. The molecule has 0 aliphatic heterocycles. The van der Waals surface area contributed by atoms with Crippen LogP contribution in [0.25, 0.3) is 22.4 Å². The molecule has 0 unspecified atom stereocenters. The zero-order chi connectivity index (χ0) is 23.7. The molecule has 10 nitrogen and oxygen atoms in total. The number of aliphatic imine (C=N–C) groups is 1. The Morgan fingerprint density at radius 1 is 1.06 bits per heavy atom. The lowest BCUT2D eigenvalue weighted by atomic mass is 10.1. The van der Waals surface area contributed by atoms with E-state index in [9.17, 15) is 4.79 Å². The molecule has 1 aromatic carbocycles. The zero-order valence-electron chi connectivity index (χ0n) is 18.8. The topological polar surface area (TPSA) is 130 Å². The van der Waals surface area contributed by atoms with E-state index in [1.807, 2.05) is 24.3 Å². The predicted octanol–water partition coefficient (Wildman–Crippen LogP) is 2.18. The molecule has 0 saturated heterocycles. The lowest BCUT2D eigenvalue weighted by Crippen LogP contribution is -2.21. The van der Waals surface area contributed by atoms with Gasteiger partial charge in [-0.3, -0.25) is 14.4 Å².